The number of carbonyl (C=O) groups is 2. The minimum atomic E-state index is -1.63. The molecular weight excluding hydrogens is 352 g/mol. The number of hydrogen-bond donors (Lipinski definition) is 0. The molecule has 132 valence electrons. The highest BCUT2D eigenvalue weighted by atomic mass is 35.5. The van der Waals surface area contributed by atoms with E-state index in [0.717, 1.165) is 5.56 Å². The summed E-state index contributed by atoms with van der Waals surface area (Å²) in [5, 5.41) is 0.557. The third-order valence-electron chi connectivity index (χ3n) is 3.97. The van der Waals surface area contributed by atoms with E-state index in [0.29, 0.717) is 16.2 Å². The Morgan fingerprint density at radius 1 is 1.15 bits per heavy atom. The van der Waals surface area contributed by atoms with Crippen LogP contribution < -0.4 is 0 Å². The molecule has 1 atom stereocenters. The van der Waals surface area contributed by atoms with Gasteiger partial charge in [-0.3, -0.25) is 0 Å². The Hall–Kier alpha value is -2.85. The van der Waals surface area contributed by atoms with Crippen LogP contribution in [0.5, 0.6) is 0 Å². The molecule has 3 rings (SSSR count). The van der Waals surface area contributed by atoms with Gasteiger partial charge in [0.15, 0.2) is 0 Å². The van der Waals surface area contributed by atoms with E-state index >= 15 is 0 Å². The first-order valence-corrected chi connectivity index (χ1v) is 8.55. The third kappa shape index (κ3) is 3.55. The molecule has 0 saturated carbocycles. The molecule has 0 radical (unpaired) electrons. The van der Waals surface area contributed by atoms with E-state index in [1.165, 1.54) is 6.08 Å². The molecule has 1 heterocycles. The van der Waals surface area contributed by atoms with Crippen molar-refractivity contribution in [3.8, 4) is 0 Å². The number of benzene rings is 2. The van der Waals surface area contributed by atoms with Crippen LogP contribution in [0.4, 0.5) is 0 Å². The summed E-state index contributed by atoms with van der Waals surface area (Å²) < 4.78 is 10.7. The van der Waals surface area contributed by atoms with E-state index in [2.05, 4.69) is 0 Å². The van der Waals surface area contributed by atoms with Crippen LogP contribution in [0, 0.1) is 0 Å². The number of hydrogen-bond acceptors (Lipinski definition) is 4. The summed E-state index contributed by atoms with van der Waals surface area (Å²) in [4.78, 5) is 24.8. The number of esters is 2. The molecule has 4 nitrogen and oxygen atoms in total. The van der Waals surface area contributed by atoms with Gasteiger partial charge in [0.25, 0.3) is 5.60 Å². The van der Waals surface area contributed by atoms with E-state index in [9.17, 15) is 9.59 Å². The average Bonchev–Trinajstić information content (AvgIpc) is 2.99. The van der Waals surface area contributed by atoms with E-state index in [-0.39, 0.29) is 6.61 Å². The molecule has 1 unspecified atom stereocenters. The fourth-order valence-corrected chi connectivity index (χ4v) is 2.88. The van der Waals surface area contributed by atoms with Crippen LogP contribution in [0.2, 0.25) is 5.02 Å². The van der Waals surface area contributed by atoms with E-state index in [1.54, 1.807) is 43.3 Å². The number of cyclic esters (lactones) is 1. The molecule has 1 aliphatic heterocycles. The fraction of sp³-hybridized carbons (Fsp3) is 0.143. The van der Waals surface area contributed by atoms with Gasteiger partial charge in [-0.2, -0.15) is 0 Å². The Morgan fingerprint density at radius 3 is 2.50 bits per heavy atom. The fourth-order valence-electron chi connectivity index (χ4n) is 2.75. The predicted octanol–water partition coefficient (Wildman–Crippen LogP) is 4.30. The molecule has 0 fully saturated rings. The highest BCUT2D eigenvalue weighted by Crippen LogP contribution is 2.39. The Labute approximate surface area is 156 Å². The van der Waals surface area contributed by atoms with Gasteiger partial charge < -0.3 is 9.47 Å². The zero-order valence-corrected chi connectivity index (χ0v) is 14.9. The summed E-state index contributed by atoms with van der Waals surface area (Å²) in [6.07, 6.45) is 4.61. The quantitative estimate of drug-likeness (QED) is 0.738. The van der Waals surface area contributed by atoms with Gasteiger partial charge in [0.05, 0.1) is 6.61 Å². The summed E-state index contributed by atoms with van der Waals surface area (Å²) in [7, 11) is 0. The van der Waals surface area contributed by atoms with Crippen molar-refractivity contribution in [2.75, 3.05) is 6.61 Å². The molecule has 2 aromatic carbocycles. The average molecular weight is 369 g/mol. The first kappa shape index (κ1) is 18.0. The Balaban J connectivity index is 2.08. The van der Waals surface area contributed by atoms with Gasteiger partial charge in [0, 0.05) is 16.7 Å². The standard InChI is InChI=1S/C21H17ClO4/c1-2-25-20(24)21(13-12-15-6-4-3-5-7-15)18(14-19(23)26-21)16-8-10-17(22)11-9-16/h3-14H,2H2,1H3/b13-12+. The minimum Gasteiger partial charge on any atom is -0.463 e. The van der Waals surface area contributed by atoms with Gasteiger partial charge in [-0.15, -0.1) is 0 Å². The lowest BCUT2D eigenvalue weighted by Gasteiger charge is -2.26. The second-order valence-corrected chi connectivity index (χ2v) is 6.12. The highest BCUT2D eigenvalue weighted by Gasteiger charge is 2.50. The van der Waals surface area contributed by atoms with E-state index in [1.807, 2.05) is 30.3 Å². The first-order valence-electron chi connectivity index (χ1n) is 8.18. The van der Waals surface area contributed by atoms with Crippen molar-refractivity contribution >= 4 is 35.2 Å². The molecule has 0 aromatic heterocycles. The van der Waals surface area contributed by atoms with E-state index < -0.39 is 17.5 Å². The van der Waals surface area contributed by atoms with Gasteiger partial charge in [0.2, 0.25) is 0 Å². The van der Waals surface area contributed by atoms with Gasteiger partial charge in [0.1, 0.15) is 0 Å². The van der Waals surface area contributed by atoms with Crippen molar-refractivity contribution in [3.63, 3.8) is 0 Å². The number of carbonyl (C=O) groups excluding carboxylic acids is 2. The maximum absolute atomic E-state index is 12.8. The molecule has 0 amide bonds. The number of rotatable bonds is 5. The molecule has 2 aromatic rings. The van der Waals surface area contributed by atoms with Crippen molar-refractivity contribution in [1.82, 2.24) is 0 Å². The summed E-state index contributed by atoms with van der Waals surface area (Å²) in [5.41, 5.74) is 0.321. The lowest BCUT2D eigenvalue weighted by Crippen LogP contribution is -2.40. The third-order valence-corrected chi connectivity index (χ3v) is 4.22. The molecule has 1 aliphatic rings. The van der Waals surface area contributed by atoms with Crippen molar-refractivity contribution in [2.45, 2.75) is 12.5 Å². The second-order valence-electron chi connectivity index (χ2n) is 5.69. The Morgan fingerprint density at radius 2 is 1.85 bits per heavy atom. The molecule has 0 N–H and O–H groups in total. The highest BCUT2D eigenvalue weighted by molar-refractivity contribution is 6.30. The predicted molar refractivity (Wildman–Crippen MR) is 100 cm³/mol. The normalized spacial score (nSPS) is 19.3. The summed E-state index contributed by atoms with van der Waals surface area (Å²) in [5.74, 6) is -1.24. The monoisotopic (exact) mass is 368 g/mol. The van der Waals surface area contributed by atoms with Gasteiger partial charge in [-0.25, -0.2) is 9.59 Å². The largest absolute Gasteiger partial charge is 0.463 e. The van der Waals surface area contributed by atoms with E-state index in [4.69, 9.17) is 21.1 Å². The van der Waals surface area contributed by atoms with Crippen molar-refractivity contribution in [1.29, 1.82) is 0 Å². The van der Waals surface area contributed by atoms with Crippen LogP contribution in [-0.2, 0) is 19.1 Å². The van der Waals surface area contributed by atoms with Crippen LogP contribution in [0.15, 0.2) is 66.7 Å². The zero-order chi connectivity index (χ0) is 18.6. The summed E-state index contributed by atoms with van der Waals surface area (Å²) in [6, 6.07) is 16.3. The maximum Gasteiger partial charge on any atom is 0.359 e. The molecule has 0 spiro atoms. The smallest absolute Gasteiger partial charge is 0.359 e. The second kappa shape index (κ2) is 7.58. The van der Waals surface area contributed by atoms with Gasteiger partial charge in [-0.05, 0) is 36.3 Å². The molecular formula is C21H17ClO4. The molecule has 0 bridgehead atoms. The SMILES string of the molecule is CCOC(=O)C1(/C=C/c2ccccc2)OC(=O)C=C1c1ccc(Cl)cc1. The van der Waals surface area contributed by atoms with Crippen molar-refractivity contribution in [2.24, 2.45) is 0 Å². The molecule has 5 heteroatoms. The van der Waals surface area contributed by atoms with Gasteiger partial charge in [-0.1, -0.05) is 60.1 Å². The first-order chi connectivity index (χ1) is 12.5. The van der Waals surface area contributed by atoms with Crippen LogP contribution in [0.3, 0.4) is 0 Å². The Bertz CT molecular complexity index is 869. The van der Waals surface area contributed by atoms with Crippen LogP contribution in [0.25, 0.3) is 11.6 Å². The van der Waals surface area contributed by atoms with Crippen molar-refractivity contribution < 1.29 is 19.1 Å². The van der Waals surface area contributed by atoms with Crippen LogP contribution >= 0.6 is 11.6 Å². The molecule has 26 heavy (non-hydrogen) atoms. The van der Waals surface area contributed by atoms with Crippen LogP contribution in [-0.4, -0.2) is 24.1 Å². The summed E-state index contributed by atoms with van der Waals surface area (Å²) in [6.45, 7) is 1.88. The number of ether oxygens (including phenoxy) is 2. The zero-order valence-electron chi connectivity index (χ0n) is 14.1. The van der Waals surface area contributed by atoms with Crippen LogP contribution in [0.1, 0.15) is 18.1 Å². The minimum absolute atomic E-state index is 0.172. The lowest BCUT2D eigenvalue weighted by atomic mass is 9.88. The Kier molecular flexibility index (Phi) is 5.24. The molecule has 0 aliphatic carbocycles. The lowest BCUT2D eigenvalue weighted by molar-refractivity contribution is -0.165. The maximum atomic E-state index is 12.8. The molecule has 0 saturated heterocycles. The topological polar surface area (TPSA) is 52.6 Å². The van der Waals surface area contributed by atoms with Gasteiger partial charge >= 0.3 is 11.9 Å². The summed E-state index contributed by atoms with van der Waals surface area (Å²) >= 11 is 5.95. The van der Waals surface area contributed by atoms with Crippen molar-refractivity contribution in [3.05, 3.63) is 82.9 Å². The number of halogens is 1.